The molecule has 1 aromatic rings. The summed E-state index contributed by atoms with van der Waals surface area (Å²) in [6.45, 7) is 3.37. The van der Waals surface area contributed by atoms with Crippen molar-refractivity contribution in [3.63, 3.8) is 0 Å². The van der Waals surface area contributed by atoms with Crippen LogP contribution in [0.3, 0.4) is 0 Å². The molecule has 0 aromatic heterocycles. The van der Waals surface area contributed by atoms with Crippen LogP contribution in [0.15, 0.2) is 18.2 Å². The fourth-order valence-electron chi connectivity index (χ4n) is 2.77. The summed E-state index contributed by atoms with van der Waals surface area (Å²) in [5.74, 6) is -0.426. The second-order valence-electron chi connectivity index (χ2n) is 6.33. The fraction of sp³-hybridized carbons (Fsp3) is 0.529. The minimum Gasteiger partial charge on any atom is -0.493 e. The lowest BCUT2D eigenvalue weighted by atomic mass is 10.0. The maximum atomic E-state index is 12.1. The van der Waals surface area contributed by atoms with E-state index < -0.39 is 33.9 Å². The Bertz CT molecular complexity index is 790. The third-order valence-electron chi connectivity index (χ3n) is 3.98. The summed E-state index contributed by atoms with van der Waals surface area (Å²) >= 11 is 0. The molecule has 0 saturated carbocycles. The molecule has 0 unspecified atom stereocenters. The van der Waals surface area contributed by atoms with E-state index in [1.165, 1.54) is 19.2 Å². The number of methoxy groups -OCH3 is 1. The number of carbonyl (C=O) groups is 2. The third kappa shape index (κ3) is 5.10. The molecule has 0 bridgehead atoms. The number of carbonyl (C=O) groups excluding carboxylic acids is 2. The van der Waals surface area contributed by atoms with Crippen LogP contribution in [0.4, 0.5) is 0 Å². The minimum atomic E-state index is -3.14. The normalized spacial score (nSPS) is 21.0. The highest BCUT2D eigenvalue weighted by molar-refractivity contribution is 7.91. The van der Waals surface area contributed by atoms with Gasteiger partial charge >= 0.3 is 5.97 Å². The van der Waals surface area contributed by atoms with Crippen molar-refractivity contribution in [1.29, 1.82) is 0 Å². The molecule has 1 saturated heterocycles. The molecule has 1 N–H and O–H groups in total. The summed E-state index contributed by atoms with van der Waals surface area (Å²) < 4.78 is 38.7. The van der Waals surface area contributed by atoms with E-state index in [2.05, 4.69) is 5.32 Å². The van der Waals surface area contributed by atoms with E-state index in [9.17, 15) is 18.0 Å². The van der Waals surface area contributed by atoms with Gasteiger partial charge in [-0.2, -0.15) is 0 Å². The first-order chi connectivity index (χ1) is 12.2. The Labute approximate surface area is 152 Å². The second kappa shape index (κ2) is 7.94. The van der Waals surface area contributed by atoms with Crippen molar-refractivity contribution >= 4 is 21.7 Å². The predicted octanol–water partition coefficient (Wildman–Crippen LogP) is 0.944. The lowest BCUT2D eigenvalue weighted by Gasteiger charge is -2.23. The van der Waals surface area contributed by atoms with Crippen LogP contribution in [0.25, 0.3) is 0 Å². The van der Waals surface area contributed by atoms with Gasteiger partial charge < -0.3 is 19.5 Å². The highest BCUT2D eigenvalue weighted by atomic mass is 32.2. The standard InChI is InChI=1S/C17H23NO7S/c1-4-24-14-9-12(5-6-13(14)23-3)16(20)25-10-15(19)18-17(2)7-8-26(21,22)11-17/h5-6,9H,4,7-8,10-11H2,1-3H3,(H,18,19)/t17-/m0/s1. The van der Waals surface area contributed by atoms with Crippen LogP contribution < -0.4 is 14.8 Å². The second-order valence-corrected chi connectivity index (χ2v) is 8.51. The molecule has 1 fully saturated rings. The largest absolute Gasteiger partial charge is 0.493 e. The van der Waals surface area contributed by atoms with Crippen molar-refractivity contribution in [2.45, 2.75) is 25.8 Å². The first-order valence-corrected chi connectivity index (χ1v) is 9.99. The molecule has 26 heavy (non-hydrogen) atoms. The van der Waals surface area contributed by atoms with Gasteiger partial charge in [-0.25, -0.2) is 13.2 Å². The molecule has 2 rings (SSSR count). The maximum absolute atomic E-state index is 12.1. The predicted molar refractivity (Wildman–Crippen MR) is 94.3 cm³/mol. The van der Waals surface area contributed by atoms with Gasteiger partial charge in [-0.15, -0.1) is 0 Å². The Morgan fingerprint density at radius 2 is 2.00 bits per heavy atom. The van der Waals surface area contributed by atoms with Crippen LogP contribution in [0.1, 0.15) is 30.6 Å². The van der Waals surface area contributed by atoms with Crippen molar-refractivity contribution in [3.05, 3.63) is 23.8 Å². The van der Waals surface area contributed by atoms with E-state index in [-0.39, 0.29) is 17.1 Å². The van der Waals surface area contributed by atoms with Crippen LogP contribution in [-0.2, 0) is 19.4 Å². The Morgan fingerprint density at radius 3 is 2.58 bits per heavy atom. The molecule has 0 aliphatic carbocycles. The number of amides is 1. The Kier molecular flexibility index (Phi) is 6.12. The van der Waals surface area contributed by atoms with E-state index in [0.717, 1.165) is 0 Å². The van der Waals surface area contributed by atoms with Crippen LogP contribution in [0.2, 0.25) is 0 Å². The van der Waals surface area contributed by atoms with Crippen LogP contribution in [0.5, 0.6) is 11.5 Å². The average molecular weight is 385 g/mol. The van der Waals surface area contributed by atoms with Crippen molar-refractivity contribution in [3.8, 4) is 11.5 Å². The molecule has 0 radical (unpaired) electrons. The highest BCUT2D eigenvalue weighted by Gasteiger charge is 2.39. The van der Waals surface area contributed by atoms with Crippen molar-refractivity contribution in [2.24, 2.45) is 0 Å². The zero-order chi connectivity index (χ0) is 19.4. The quantitative estimate of drug-likeness (QED) is 0.696. The summed E-state index contributed by atoms with van der Waals surface area (Å²) in [4.78, 5) is 24.1. The highest BCUT2D eigenvalue weighted by Crippen LogP contribution is 2.28. The molecule has 144 valence electrons. The number of rotatable bonds is 7. The zero-order valence-electron chi connectivity index (χ0n) is 15.0. The Hall–Kier alpha value is -2.29. The first kappa shape index (κ1) is 20.0. The van der Waals surface area contributed by atoms with Crippen molar-refractivity contribution in [1.82, 2.24) is 5.32 Å². The van der Waals surface area contributed by atoms with E-state index in [4.69, 9.17) is 14.2 Å². The Balaban J connectivity index is 1.94. The number of esters is 1. The lowest BCUT2D eigenvalue weighted by Crippen LogP contribution is -2.48. The van der Waals surface area contributed by atoms with E-state index in [1.807, 2.05) is 0 Å². The number of benzene rings is 1. The van der Waals surface area contributed by atoms with Crippen LogP contribution >= 0.6 is 0 Å². The van der Waals surface area contributed by atoms with Gasteiger partial charge in [-0.05, 0) is 38.5 Å². The number of hydrogen-bond acceptors (Lipinski definition) is 7. The van der Waals surface area contributed by atoms with Gasteiger partial charge in [0.05, 0.1) is 36.3 Å². The Morgan fingerprint density at radius 1 is 1.27 bits per heavy atom. The van der Waals surface area contributed by atoms with Gasteiger partial charge in [0.25, 0.3) is 5.91 Å². The molecule has 1 amide bonds. The molecular weight excluding hydrogens is 362 g/mol. The molecule has 8 nitrogen and oxygen atoms in total. The van der Waals surface area contributed by atoms with E-state index in [1.54, 1.807) is 19.9 Å². The molecule has 1 aliphatic rings. The topological polar surface area (TPSA) is 108 Å². The number of sulfone groups is 1. The number of ether oxygens (including phenoxy) is 3. The molecule has 0 spiro atoms. The van der Waals surface area contributed by atoms with Gasteiger partial charge in [-0.3, -0.25) is 4.79 Å². The zero-order valence-corrected chi connectivity index (χ0v) is 15.9. The van der Waals surface area contributed by atoms with Gasteiger partial charge in [0.1, 0.15) is 0 Å². The first-order valence-electron chi connectivity index (χ1n) is 8.17. The van der Waals surface area contributed by atoms with Crippen molar-refractivity contribution in [2.75, 3.05) is 31.8 Å². The summed E-state index contributed by atoms with van der Waals surface area (Å²) in [6.07, 6.45) is 0.339. The smallest absolute Gasteiger partial charge is 0.338 e. The van der Waals surface area contributed by atoms with Gasteiger partial charge in [0.2, 0.25) is 0 Å². The van der Waals surface area contributed by atoms with Crippen molar-refractivity contribution < 1.29 is 32.2 Å². The molecule has 1 aliphatic heterocycles. The maximum Gasteiger partial charge on any atom is 0.338 e. The van der Waals surface area contributed by atoms with Gasteiger partial charge in [0, 0.05) is 0 Å². The van der Waals surface area contributed by atoms with Gasteiger partial charge in [0.15, 0.2) is 27.9 Å². The number of hydrogen-bond donors (Lipinski definition) is 1. The molecule has 1 aromatic carbocycles. The molecule has 1 heterocycles. The SMILES string of the molecule is CCOc1cc(C(=O)OCC(=O)N[C@@]2(C)CCS(=O)(=O)C2)ccc1OC. The summed E-state index contributed by atoms with van der Waals surface area (Å²) in [7, 11) is -1.65. The number of nitrogens with one attached hydrogen (secondary N) is 1. The summed E-state index contributed by atoms with van der Waals surface area (Å²) in [5, 5.41) is 2.63. The summed E-state index contributed by atoms with van der Waals surface area (Å²) in [6, 6.07) is 4.56. The molecular formula is C17H23NO7S. The van der Waals surface area contributed by atoms with E-state index in [0.29, 0.717) is 24.5 Å². The third-order valence-corrected chi connectivity index (χ3v) is 5.88. The minimum absolute atomic E-state index is 0.0373. The average Bonchev–Trinajstić information content (AvgIpc) is 2.85. The van der Waals surface area contributed by atoms with Crippen LogP contribution in [0, 0.1) is 0 Å². The fourth-order valence-corrected chi connectivity index (χ4v) is 4.86. The van der Waals surface area contributed by atoms with E-state index >= 15 is 0 Å². The molecule has 1 atom stereocenters. The van der Waals surface area contributed by atoms with Crippen LogP contribution in [-0.4, -0.2) is 57.7 Å². The van der Waals surface area contributed by atoms with Gasteiger partial charge in [-0.1, -0.05) is 0 Å². The monoisotopic (exact) mass is 385 g/mol. The lowest BCUT2D eigenvalue weighted by molar-refractivity contribution is -0.125. The molecule has 9 heteroatoms. The summed E-state index contributed by atoms with van der Waals surface area (Å²) in [5.41, 5.74) is -0.610.